The second kappa shape index (κ2) is 3.00. The Kier molecular flexibility index (Phi) is 2.50. The molecule has 0 aromatic rings. The summed E-state index contributed by atoms with van der Waals surface area (Å²) < 4.78 is 11.4. The minimum Gasteiger partial charge on any atom is -0.347 e. The third-order valence-electron chi connectivity index (χ3n) is 1.92. The Morgan fingerprint density at radius 3 is 2.25 bits per heavy atom. The van der Waals surface area contributed by atoms with E-state index in [1.54, 1.807) is 0 Å². The maximum absolute atomic E-state index is 5.71. The Morgan fingerprint density at radius 2 is 1.92 bits per heavy atom. The van der Waals surface area contributed by atoms with Crippen molar-refractivity contribution in [3.8, 4) is 0 Å². The topological polar surface area (TPSA) is 18.5 Å². The Labute approximate surface area is 75.2 Å². The normalized spacial score (nSPS) is 29.2. The fourth-order valence-electron chi connectivity index (χ4n) is 1.42. The highest BCUT2D eigenvalue weighted by atomic mass is 16.7. The molecular formula is C10H20O2. The van der Waals surface area contributed by atoms with Crippen LogP contribution in [0.4, 0.5) is 0 Å². The predicted octanol–water partition coefficient (Wildman–Crippen LogP) is 2.72. The summed E-state index contributed by atoms with van der Waals surface area (Å²) in [7, 11) is 0. The number of rotatable bonds is 1. The maximum atomic E-state index is 5.71. The summed E-state index contributed by atoms with van der Waals surface area (Å²) in [5.74, 6) is 0. The minimum absolute atomic E-state index is 0.000000000000000222. The van der Waals surface area contributed by atoms with Gasteiger partial charge in [0.05, 0.1) is 11.2 Å². The summed E-state index contributed by atoms with van der Waals surface area (Å²) in [5, 5.41) is 0. The van der Waals surface area contributed by atoms with Crippen LogP contribution in [0.2, 0.25) is 0 Å². The second-order valence-electron chi connectivity index (χ2n) is 5.08. The molecule has 0 aromatic carbocycles. The first kappa shape index (κ1) is 10.0. The minimum atomic E-state index is -0.0922. The largest absolute Gasteiger partial charge is 0.347 e. The van der Waals surface area contributed by atoms with Gasteiger partial charge in [0.15, 0.2) is 6.29 Å². The van der Waals surface area contributed by atoms with Crippen molar-refractivity contribution >= 4 is 0 Å². The van der Waals surface area contributed by atoms with E-state index < -0.39 is 0 Å². The van der Waals surface area contributed by atoms with Crippen molar-refractivity contribution in [2.45, 2.75) is 65.0 Å². The summed E-state index contributed by atoms with van der Waals surface area (Å²) in [4.78, 5) is 0. The maximum Gasteiger partial charge on any atom is 0.159 e. The van der Waals surface area contributed by atoms with Crippen molar-refractivity contribution in [3.05, 3.63) is 0 Å². The van der Waals surface area contributed by atoms with Crippen LogP contribution in [0.25, 0.3) is 0 Å². The Bertz CT molecular complexity index is 156. The fraction of sp³-hybridized carbons (Fsp3) is 1.00. The van der Waals surface area contributed by atoms with Crippen molar-refractivity contribution in [1.29, 1.82) is 0 Å². The van der Waals surface area contributed by atoms with E-state index >= 15 is 0 Å². The highest BCUT2D eigenvalue weighted by Crippen LogP contribution is 2.31. The molecule has 1 fully saturated rings. The first-order valence-corrected chi connectivity index (χ1v) is 4.64. The number of hydrogen-bond donors (Lipinski definition) is 0. The van der Waals surface area contributed by atoms with E-state index in [1.807, 2.05) is 0 Å². The van der Waals surface area contributed by atoms with Crippen molar-refractivity contribution in [2.24, 2.45) is 0 Å². The molecule has 1 rings (SSSR count). The van der Waals surface area contributed by atoms with Crippen LogP contribution in [0.15, 0.2) is 0 Å². The van der Waals surface area contributed by atoms with Gasteiger partial charge in [-0.15, -0.1) is 0 Å². The van der Waals surface area contributed by atoms with Crippen LogP contribution >= 0.6 is 0 Å². The molecule has 1 aliphatic rings. The molecule has 1 heterocycles. The molecule has 0 spiro atoms. The molecule has 1 aliphatic heterocycles. The lowest BCUT2D eigenvalue weighted by molar-refractivity contribution is -0.203. The lowest BCUT2D eigenvalue weighted by Gasteiger charge is -2.26. The van der Waals surface area contributed by atoms with Gasteiger partial charge in [-0.3, -0.25) is 0 Å². The van der Waals surface area contributed by atoms with Crippen molar-refractivity contribution in [2.75, 3.05) is 0 Å². The average Bonchev–Trinajstić information content (AvgIpc) is 2.05. The Balaban J connectivity index is 2.39. The molecule has 1 unspecified atom stereocenters. The zero-order valence-corrected chi connectivity index (χ0v) is 8.81. The van der Waals surface area contributed by atoms with Gasteiger partial charge in [0.1, 0.15) is 0 Å². The SMILES string of the molecule is CC(C)(C)OC1CCC(C)(C)O1. The summed E-state index contributed by atoms with van der Waals surface area (Å²) >= 11 is 0. The summed E-state index contributed by atoms with van der Waals surface area (Å²) in [6.45, 7) is 10.4. The van der Waals surface area contributed by atoms with Gasteiger partial charge in [-0.05, 0) is 41.0 Å². The van der Waals surface area contributed by atoms with E-state index in [1.165, 1.54) is 0 Å². The van der Waals surface area contributed by atoms with Crippen molar-refractivity contribution in [1.82, 2.24) is 0 Å². The standard InChI is InChI=1S/C10H20O2/c1-9(2,3)11-8-6-7-10(4,5)12-8/h8H,6-7H2,1-5H3. The fourth-order valence-corrected chi connectivity index (χ4v) is 1.42. The van der Waals surface area contributed by atoms with Gasteiger partial charge in [0.2, 0.25) is 0 Å². The van der Waals surface area contributed by atoms with Crippen LogP contribution < -0.4 is 0 Å². The zero-order chi connectivity index (χ0) is 9.41. The van der Waals surface area contributed by atoms with E-state index in [0.29, 0.717) is 0 Å². The van der Waals surface area contributed by atoms with Gasteiger partial charge in [-0.2, -0.15) is 0 Å². The Hall–Kier alpha value is -0.0800. The summed E-state index contributed by atoms with van der Waals surface area (Å²) in [6, 6.07) is 0. The highest BCUT2D eigenvalue weighted by Gasteiger charge is 2.34. The van der Waals surface area contributed by atoms with Gasteiger partial charge >= 0.3 is 0 Å². The van der Waals surface area contributed by atoms with Crippen molar-refractivity contribution < 1.29 is 9.47 Å². The second-order valence-corrected chi connectivity index (χ2v) is 5.08. The molecule has 0 aliphatic carbocycles. The van der Waals surface area contributed by atoms with E-state index in [2.05, 4.69) is 34.6 Å². The third kappa shape index (κ3) is 3.11. The highest BCUT2D eigenvalue weighted by molar-refractivity contribution is 4.78. The molecule has 2 heteroatoms. The molecule has 0 amide bonds. The van der Waals surface area contributed by atoms with E-state index in [9.17, 15) is 0 Å². The number of ether oxygens (including phenoxy) is 2. The molecule has 0 saturated carbocycles. The van der Waals surface area contributed by atoms with Crippen LogP contribution in [0.5, 0.6) is 0 Å². The molecule has 0 radical (unpaired) electrons. The lowest BCUT2D eigenvalue weighted by Crippen LogP contribution is -2.29. The molecular weight excluding hydrogens is 152 g/mol. The van der Waals surface area contributed by atoms with E-state index in [-0.39, 0.29) is 17.5 Å². The first-order chi connectivity index (χ1) is 5.29. The van der Waals surface area contributed by atoms with Gasteiger partial charge in [0, 0.05) is 6.42 Å². The van der Waals surface area contributed by atoms with Crippen LogP contribution in [0, 0.1) is 0 Å². The molecule has 72 valence electrons. The molecule has 12 heavy (non-hydrogen) atoms. The van der Waals surface area contributed by atoms with Crippen LogP contribution in [-0.4, -0.2) is 17.5 Å². The molecule has 2 nitrogen and oxygen atoms in total. The third-order valence-corrected chi connectivity index (χ3v) is 1.92. The lowest BCUT2D eigenvalue weighted by atomic mass is 10.1. The van der Waals surface area contributed by atoms with Gasteiger partial charge < -0.3 is 9.47 Å². The summed E-state index contributed by atoms with van der Waals surface area (Å²) in [5.41, 5.74) is -0.0823. The Morgan fingerprint density at radius 1 is 1.33 bits per heavy atom. The van der Waals surface area contributed by atoms with E-state index in [0.717, 1.165) is 12.8 Å². The van der Waals surface area contributed by atoms with Crippen molar-refractivity contribution in [3.63, 3.8) is 0 Å². The smallest absolute Gasteiger partial charge is 0.159 e. The molecule has 1 atom stereocenters. The van der Waals surface area contributed by atoms with Crippen LogP contribution in [0.3, 0.4) is 0 Å². The molecule has 1 saturated heterocycles. The molecule has 0 aromatic heterocycles. The van der Waals surface area contributed by atoms with E-state index in [4.69, 9.17) is 9.47 Å². The quantitative estimate of drug-likeness (QED) is 0.605. The van der Waals surface area contributed by atoms with Gasteiger partial charge in [-0.1, -0.05) is 0 Å². The monoisotopic (exact) mass is 172 g/mol. The number of hydrogen-bond acceptors (Lipinski definition) is 2. The average molecular weight is 172 g/mol. The van der Waals surface area contributed by atoms with Crippen LogP contribution in [-0.2, 0) is 9.47 Å². The van der Waals surface area contributed by atoms with Crippen LogP contribution in [0.1, 0.15) is 47.5 Å². The summed E-state index contributed by atoms with van der Waals surface area (Å²) in [6.07, 6.45) is 2.11. The molecule has 0 N–H and O–H groups in total. The van der Waals surface area contributed by atoms with Gasteiger partial charge in [-0.25, -0.2) is 0 Å². The molecule has 0 bridgehead atoms. The van der Waals surface area contributed by atoms with Gasteiger partial charge in [0.25, 0.3) is 0 Å². The zero-order valence-electron chi connectivity index (χ0n) is 8.81. The first-order valence-electron chi connectivity index (χ1n) is 4.64. The predicted molar refractivity (Wildman–Crippen MR) is 49.0 cm³/mol.